The van der Waals surface area contributed by atoms with Gasteiger partial charge in [0, 0.05) is 23.3 Å². The standard InChI is InChI=1S/C20H16FI2N3S/c1-10-5-4-6-15(22)17(10)24-19-18(14-8-7-13(21)9-16(14)23)25-20-26(19)11(2)12(3)27-20/h4-9,24H,1-3H3. The predicted molar refractivity (Wildman–Crippen MR) is 128 cm³/mol. The second-order valence-electron chi connectivity index (χ2n) is 6.35. The number of anilines is 2. The lowest BCUT2D eigenvalue weighted by Gasteiger charge is -2.14. The highest BCUT2D eigenvalue weighted by atomic mass is 127. The van der Waals surface area contributed by atoms with E-state index in [1.165, 1.54) is 16.5 Å². The Morgan fingerprint density at radius 1 is 1.07 bits per heavy atom. The van der Waals surface area contributed by atoms with Crippen LogP contribution in [0.25, 0.3) is 16.2 Å². The fraction of sp³-hybridized carbons (Fsp3) is 0.150. The lowest BCUT2D eigenvalue weighted by molar-refractivity contribution is 0.627. The van der Waals surface area contributed by atoms with Gasteiger partial charge >= 0.3 is 0 Å². The van der Waals surface area contributed by atoms with E-state index in [1.807, 2.05) is 0 Å². The van der Waals surface area contributed by atoms with Crippen molar-refractivity contribution < 1.29 is 4.39 Å². The zero-order valence-electron chi connectivity index (χ0n) is 14.9. The molecule has 0 fully saturated rings. The predicted octanol–water partition coefficient (Wildman–Crippen LogP) is 7.08. The number of imidazole rings is 1. The molecule has 0 aliphatic heterocycles. The van der Waals surface area contributed by atoms with Crippen molar-refractivity contribution in [3.8, 4) is 11.3 Å². The van der Waals surface area contributed by atoms with Gasteiger partial charge in [-0.15, -0.1) is 11.3 Å². The maximum absolute atomic E-state index is 13.6. The average molecular weight is 603 g/mol. The Hall–Kier alpha value is -1.20. The lowest BCUT2D eigenvalue weighted by Crippen LogP contribution is -2.02. The number of benzene rings is 2. The summed E-state index contributed by atoms with van der Waals surface area (Å²) in [5.74, 6) is 0.683. The van der Waals surface area contributed by atoms with Crippen LogP contribution in [0.15, 0.2) is 36.4 Å². The minimum atomic E-state index is -0.237. The first kappa shape index (κ1) is 19.1. The van der Waals surface area contributed by atoms with Gasteiger partial charge in [-0.05, 0) is 95.8 Å². The molecule has 0 amide bonds. The topological polar surface area (TPSA) is 29.3 Å². The molecule has 0 unspecified atom stereocenters. The molecule has 4 rings (SSSR count). The Labute approximate surface area is 188 Å². The Balaban J connectivity index is 1.99. The molecular weight excluding hydrogens is 587 g/mol. The van der Waals surface area contributed by atoms with Gasteiger partial charge in [0.25, 0.3) is 0 Å². The minimum absolute atomic E-state index is 0.237. The van der Waals surface area contributed by atoms with E-state index in [4.69, 9.17) is 4.98 Å². The molecule has 27 heavy (non-hydrogen) atoms. The number of hydrogen-bond acceptors (Lipinski definition) is 3. The molecule has 0 aliphatic carbocycles. The molecular formula is C20H16FI2N3S. The molecule has 1 N–H and O–H groups in total. The largest absolute Gasteiger partial charge is 0.338 e. The first-order valence-electron chi connectivity index (χ1n) is 8.33. The van der Waals surface area contributed by atoms with Crippen LogP contribution >= 0.6 is 56.5 Å². The molecule has 3 nitrogen and oxygen atoms in total. The molecule has 0 spiro atoms. The number of aromatic nitrogens is 2. The highest BCUT2D eigenvalue weighted by Gasteiger charge is 2.21. The highest BCUT2D eigenvalue weighted by Crippen LogP contribution is 2.39. The van der Waals surface area contributed by atoms with Gasteiger partial charge in [-0.25, -0.2) is 9.37 Å². The van der Waals surface area contributed by atoms with Crippen molar-refractivity contribution >= 4 is 73.0 Å². The molecule has 0 saturated carbocycles. The third kappa shape index (κ3) is 3.38. The summed E-state index contributed by atoms with van der Waals surface area (Å²) in [5, 5.41) is 3.63. The van der Waals surface area contributed by atoms with Crippen LogP contribution in [-0.2, 0) is 0 Å². The van der Waals surface area contributed by atoms with Gasteiger partial charge in [0.05, 0.1) is 5.69 Å². The summed E-state index contributed by atoms with van der Waals surface area (Å²) in [4.78, 5) is 7.07. The van der Waals surface area contributed by atoms with E-state index in [0.717, 1.165) is 40.6 Å². The summed E-state index contributed by atoms with van der Waals surface area (Å²) in [5.41, 5.74) is 5.17. The fourth-order valence-corrected chi connectivity index (χ4v) is 5.51. The molecule has 4 aromatic rings. The monoisotopic (exact) mass is 603 g/mol. The third-order valence-electron chi connectivity index (χ3n) is 4.59. The first-order valence-corrected chi connectivity index (χ1v) is 11.3. The summed E-state index contributed by atoms with van der Waals surface area (Å²) >= 11 is 6.19. The first-order chi connectivity index (χ1) is 12.9. The number of para-hydroxylation sites is 1. The number of halogens is 3. The van der Waals surface area contributed by atoms with E-state index in [-0.39, 0.29) is 5.82 Å². The summed E-state index contributed by atoms with van der Waals surface area (Å²) < 4.78 is 17.8. The molecule has 0 atom stereocenters. The SMILES string of the molecule is Cc1cccc(I)c1Nc1c(-c2ccc(F)cc2I)nc2sc(C)c(C)n12. The molecule has 0 bridgehead atoms. The van der Waals surface area contributed by atoms with E-state index >= 15 is 0 Å². The Bertz CT molecular complexity index is 1160. The summed E-state index contributed by atoms with van der Waals surface area (Å²) in [7, 11) is 0. The minimum Gasteiger partial charge on any atom is -0.338 e. The van der Waals surface area contributed by atoms with E-state index in [1.54, 1.807) is 23.5 Å². The molecule has 7 heteroatoms. The van der Waals surface area contributed by atoms with Gasteiger partial charge in [-0.1, -0.05) is 12.1 Å². The summed E-state index contributed by atoms with van der Waals surface area (Å²) in [6.07, 6.45) is 0. The van der Waals surface area contributed by atoms with E-state index < -0.39 is 0 Å². The molecule has 138 valence electrons. The molecule has 0 radical (unpaired) electrons. The van der Waals surface area contributed by atoms with Gasteiger partial charge in [0.1, 0.15) is 17.3 Å². The van der Waals surface area contributed by atoms with Crippen LogP contribution in [-0.4, -0.2) is 9.38 Å². The van der Waals surface area contributed by atoms with Crippen LogP contribution in [0.3, 0.4) is 0 Å². The van der Waals surface area contributed by atoms with Crippen LogP contribution in [0, 0.1) is 33.7 Å². The number of fused-ring (bicyclic) bond motifs is 1. The van der Waals surface area contributed by atoms with E-state index in [9.17, 15) is 4.39 Å². The lowest BCUT2D eigenvalue weighted by atomic mass is 10.1. The van der Waals surface area contributed by atoms with Crippen LogP contribution in [0.4, 0.5) is 15.9 Å². The number of thiazole rings is 1. The second kappa shape index (κ2) is 7.32. The van der Waals surface area contributed by atoms with Crippen LogP contribution in [0.1, 0.15) is 16.1 Å². The van der Waals surface area contributed by atoms with Crippen molar-refractivity contribution in [2.45, 2.75) is 20.8 Å². The molecule has 2 aromatic heterocycles. The van der Waals surface area contributed by atoms with Gasteiger partial charge in [0.15, 0.2) is 4.96 Å². The number of aryl methyl sites for hydroxylation is 3. The number of nitrogens with zero attached hydrogens (tertiary/aromatic N) is 2. The Morgan fingerprint density at radius 2 is 1.85 bits per heavy atom. The van der Waals surface area contributed by atoms with Gasteiger partial charge < -0.3 is 5.32 Å². The summed E-state index contributed by atoms with van der Waals surface area (Å²) in [6, 6.07) is 11.1. The van der Waals surface area contributed by atoms with E-state index in [0.29, 0.717) is 0 Å². The third-order valence-corrected chi connectivity index (χ3v) is 7.44. The number of nitrogens with one attached hydrogen (secondary N) is 1. The van der Waals surface area contributed by atoms with Crippen molar-refractivity contribution in [3.63, 3.8) is 0 Å². The molecule has 2 aromatic carbocycles. The van der Waals surface area contributed by atoms with Gasteiger partial charge in [0.2, 0.25) is 0 Å². The van der Waals surface area contributed by atoms with Crippen LogP contribution in [0.5, 0.6) is 0 Å². The van der Waals surface area contributed by atoms with Crippen molar-refractivity contribution in [2.75, 3.05) is 5.32 Å². The van der Waals surface area contributed by atoms with Crippen LogP contribution in [0.2, 0.25) is 0 Å². The Morgan fingerprint density at radius 3 is 2.56 bits per heavy atom. The zero-order chi connectivity index (χ0) is 19.3. The molecule has 0 saturated heterocycles. The Kier molecular flexibility index (Phi) is 5.19. The highest BCUT2D eigenvalue weighted by molar-refractivity contribution is 14.1. The van der Waals surface area contributed by atoms with Gasteiger partial charge in [-0.2, -0.15) is 0 Å². The van der Waals surface area contributed by atoms with Crippen LogP contribution < -0.4 is 5.32 Å². The molecule has 2 heterocycles. The smallest absolute Gasteiger partial charge is 0.196 e. The number of hydrogen-bond donors (Lipinski definition) is 1. The van der Waals surface area contributed by atoms with Gasteiger partial charge in [-0.3, -0.25) is 4.40 Å². The maximum atomic E-state index is 13.6. The molecule has 0 aliphatic rings. The number of rotatable bonds is 3. The fourth-order valence-electron chi connectivity index (χ4n) is 3.04. The zero-order valence-corrected chi connectivity index (χ0v) is 20.0. The van der Waals surface area contributed by atoms with Crippen molar-refractivity contribution in [2.24, 2.45) is 0 Å². The van der Waals surface area contributed by atoms with Crippen molar-refractivity contribution in [3.05, 3.63) is 65.5 Å². The second-order valence-corrected chi connectivity index (χ2v) is 9.86. The van der Waals surface area contributed by atoms with Crippen molar-refractivity contribution in [1.82, 2.24) is 9.38 Å². The average Bonchev–Trinajstić information content (AvgIpc) is 3.08. The quantitative estimate of drug-likeness (QED) is 0.254. The van der Waals surface area contributed by atoms with Crippen molar-refractivity contribution in [1.29, 1.82) is 0 Å². The maximum Gasteiger partial charge on any atom is 0.196 e. The normalized spacial score (nSPS) is 11.3. The summed E-state index contributed by atoms with van der Waals surface area (Å²) in [6.45, 7) is 6.31. The van der Waals surface area contributed by atoms with E-state index in [2.05, 4.69) is 93.9 Å².